The van der Waals surface area contributed by atoms with Crippen LogP contribution >= 0.6 is 0 Å². The zero-order valence-corrected chi connectivity index (χ0v) is 15.4. The van der Waals surface area contributed by atoms with E-state index in [4.69, 9.17) is 0 Å². The molecule has 0 heterocycles. The number of rotatable bonds is 6. The van der Waals surface area contributed by atoms with Crippen molar-refractivity contribution in [3.8, 4) is 0 Å². The zero-order valence-electron chi connectivity index (χ0n) is 15.4. The van der Waals surface area contributed by atoms with Crippen LogP contribution in [-0.2, 0) is 9.63 Å². The molecule has 2 rings (SSSR count). The Balaban J connectivity index is 1.93. The SMILES string of the molecule is CO/N=C/c1ccc(C(=O)NCC(=O)Nc2c(C)cc(C)cc2C)cc1. The highest BCUT2D eigenvalue weighted by atomic mass is 16.6. The lowest BCUT2D eigenvalue weighted by atomic mass is 10.1. The summed E-state index contributed by atoms with van der Waals surface area (Å²) in [5.41, 5.74) is 5.20. The van der Waals surface area contributed by atoms with E-state index < -0.39 is 0 Å². The average molecular weight is 353 g/mol. The summed E-state index contributed by atoms with van der Waals surface area (Å²) in [4.78, 5) is 28.9. The molecule has 6 nitrogen and oxygen atoms in total. The summed E-state index contributed by atoms with van der Waals surface area (Å²) < 4.78 is 0. The number of hydrogen-bond acceptors (Lipinski definition) is 4. The number of nitrogens with zero attached hydrogens (tertiary/aromatic N) is 1. The smallest absolute Gasteiger partial charge is 0.251 e. The highest BCUT2D eigenvalue weighted by molar-refractivity contribution is 6.00. The number of nitrogens with one attached hydrogen (secondary N) is 2. The first-order chi connectivity index (χ1) is 12.4. The topological polar surface area (TPSA) is 79.8 Å². The lowest BCUT2D eigenvalue weighted by Crippen LogP contribution is -2.33. The number of anilines is 1. The summed E-state index contributed by atoms with van der Waals surface area (Å²) in [5.74, 6) is -0.579. The van der Waals surface area contributed by atoms with Crippen LogP contribution in [0.5, 0.6) is 0 Å². The number of oxime groups is 1. The van der Waals surface area contributed by atoms with E-state index in [1.165, 1.54) is 7.11 Å². The first kappa shape index (κ1) is 19.2. The van der Waals surface area contributed by atoms with E-state index in [-0.39, 0.29) is 18.4 Å². The van der Waals surface area contributed by atoms with E-state index in [2.05, 4.69) is 20.6 Å². The highest BCUT2D eigenvalue weighted by Crippen LogP contribution is 2.21. The molecular weight excluding hydrogens is 330 g/mol. The van der Waals surface area contributed by atoms with Crippen LogP contribution in [0.25, 0.3) is 0 Å². The number of hydrogen-bond donors (Lipinski definition) is 2. The second kappa shape index (κ2) is 8.80. The van der Waals surface area contributed by atoms with Gasteiger partial charge >= 0.3 is 0 Å². The van der Waals surface area contributed by atoms with Gasteiger partial charge in [-0.25, -0.2) is 0 Å². The zero-order chi connectivity index (χ0) is 19.1. The van der Waals surface area contributed by atoms with E-state index in [9.17, 15) is 9.59 Å². The minimum Gasteiger partial charge on any atom is -0.399 e. The molecule has 0 radical (unpaired) electrons. The molecule has 6 heteroatoms. The van der Waals surface area contributed by atoms with Gasteiger partial charge in [-0.1, -0.05) is 35.0 Å². The molecule has 0 aliphatic carbocycles. The quantitative estimate of drug-likeness (QED) is 0.619. The van der Waals surface area contributed by atoms with Crippen LogP contribution in [0, 0.1) is 20.8 Å². The molecule has 2 aromatic carbocycles. The number of carbonyl (C=O) groups excluding carboxylic acids is 2. The number of carbonyl (C=O) groups is 2. The Bertz CT molecular complexity index is 804. The Morgan fingerprint density at radius 2 is 1.69 bits per heavy atom. The van der Waals surface area contributed by atoms with Gasteiger partial charge in [-0.3, -0.25) is 9.59 Å². The first-order valence-electron chi connectivity index (χ1n) is 8.23. The molecule has 0 saturated carbocycles. The van der Waals surface area contributed by atoms with Crippen molar-refractivity contribution in [3.63, 3.8) is 0 Å². The lowest BCUT2D eigenvalue weighted by molar-refractivity contribution is -0.115. The van der Waals surface area contributed by atoms with Gasteiger partial charge in [-0.2, -0.15) is 0 Å². The summed E-state index contributed by atoms with van der Waals surface area (Å²) in [6.07, 6.45) is 1.54. The molecule has 2 aromatic rings. The Kier molecular flexibility index (Phi) is 6.49. The Hall–Kier alpha value is -3.15. The molecule has 0 unspecified atom stereocenters. The van der Waals surface area contributed by atoms with Crippen LogP contribution in [0.2, 0.25) is 0 Å². The molecule has 136 valence electrons. The van der Waals surface area contributed by atoms with Crippen LogP contribution < -0.4 is 10.6 Å². The predicted octanol–water partition coefficient (Wildman–Crippen LogP) is 2.96. The highest BCUT2D eigenvalue weighted by Gasteiger charge is 2.11. The van der Waals surface area contributed by atoms with Crippen molar-refractivity contribution in [2.45, 2.75) is 20.8 Å². The van der Waals surface area contributed by atoms with E-state index in [0.29, 0.717) is 5.56 Å². The molecule has 2 amide bonds. The van der Waals surface area contributed by atoms with Crippen molar-refractivity contribution in [2.75, 3.05) is 19.0 Å². The molecule has 0 saturated heterocycles. The molecule has 0 fully saturated rings. The average Bonchev–Trinajstić information content (AvgIpc) is 2.61. The minimum atomic E-state index is -0.312. The van der Waals surface area contributed by atoms with E-state index in [1.807, 2.05) is 32.9 Å². The predicted molar refractivity (Wildman–Crippen MR) is 103 cm³/mol. The monoisotopic (exact) mass is 353 g/mol. The summed E-state index contributed by atoms with van der Waals surface area (Å²) in [6.45, 7) is 5.81. The van der Waals surface area contributed by atoms with Crippen molar-refractivity contribution < 1.29 is 14.4 Å². The maximum Gasteiger partial charge on any atom is 0.251 e. The minimum absolute atomic E-state index is 0.0987. The Morgan fingerprint density at radius 3 is 2.27 bits per heavy atom. The summed E-state index contributed by atoms with van der Waals surface area (Å²) in [6, 6.07) is 10.8. The standard InChI is InChI=1S/C20H23N3O3/c1-13-9-14(2)19(15(3)10-13)23-18(24)12-21-20(25)17-7-5-16(6-8-17)11-22-26-4/h5-11H,12H2,1-4H3,(H,21,25)(H,23,24)/b22-11+. The van der Waals surface area contributed by atoms with Crippen molar-refractivity contribution in [3.05, 3.63) is 64.2 Å². The van der Waals surface area contributed by atoms with Crippen LogP contribution in [0.4, 0.5) is 5.69 Å². The summed E-state index contributed by atoms with van der Waals surface area (Å²) in [7, 11) is 1.46. The van der Waals surface area contributed by atoms with Crippen molar-refractivity contribution in [1.82, 2.24) is 5.32 Å². The largest absolute Gasteiger partial charge is 0.399 e. The van der Waals surface area contributed by atoms with Gasteiger partial charge < -0.3 is 15.5 Å². The normalized spacial score (nSPS) is 10.6. The van der Waals surface area contributed by atoms with Crippen LogP contribution in [0.15, 0.2) is 41.6 Å². The van der Waals surface area contributed by atoms with E-state index in [0.717, 1.165) is 27.9 Å². The number of amides is 2. The summed E-state index contributed by atoms with van der Waals surface area (Å²) >= 11 is 0. The van der Waals surface area contributed by atoms with Gasteiger partial charge in [0.1, 0.15) is 7.11 Å². The maximum atomic E-state index is 12.2. The first-order valence-corrected chi connectivity index (χ1v) is 8.23. The van der Waals surface area contributed by atoms with Gasteiger partial charge in [0.2, 0.25) is 5.91 Å². The molecule has 2 N–H and O–H groups in total. The molecule has 0 aromatic heterocycles. The van der Waals surface area contributed by atoms with Gasteiger partial charge in [0.05, 0.1) is 12.8 Å². The molecule has 0 aliphatic heterocycles. The molecule has 0 bridgehead atoms. The van der Waals surface area contributed by atoms with E-state index >= 15 is 0 Å². The van der Waals surface area contributed by atoms with Gasteiger partial charge in [-0.05, 0) is 49.6 Å². The second-order valence-electron chi connectivity index (χ2n) is 6.04. The van der Waals surface area contributed by atoms with Crippen LogP contribution in [-0.4, -0.2) is 31.7 Å². The Morgan fingerprint density at radius 1 is 1.08 bits per heavy atom. The van der Waals surface area contributed by atoms with Gasteiger partial charge in [0.25, 0.3) is 5.91 Å². The fourth-order valence-corrected chi connectivity index (χ4v) is 2.66. The van der Waals surface area contributed by atoms with Crippen molar-refractivity contribution in [1.29, 1.82) is 0 Å². The van der Waals surface area contributed by atoms with Gasteiger partial charge in [-0.15, -0.1) is 0 Å². The third kappa shape index (κ3) is 5.17. The Labute approximate surface area is 153 Å². The summed E-state index contributed by atoms with van der Waals surface area (Å²) in [5, 5.41) is 9.14. The maximum absolute atomic E-state index is 12.2. The molecular formula is C20H23N3O3. The van der Waals surface area contributed by atoms with Gasteiger partial charge in [0.15, 0.2) is 0 Å². The fraction of sp³-hybridized carbons (Fsp3) is 0.250. The van der Waals surface area contributed by atoms with E-state index in [1.54, 1.807) is 30.5 Å². The van der Waals surface area contributed by atoms with Crippen molar-refractivity contribution >= 4 is 23.7 Å². The van der Waals surface area contributed by atoms with Gasteiger partial charge in [0, 0.05) is 11.3 Å². The molecule has 0 spiro atoms. The third-order valence-electron chi connectivity index (χ3n) is 3.83. The van der Waals surface area contributed by atoms with Crippen LogP contribution in [0.1, 0.15) is 32.6 Å². The molecule has 26 heavy (non-hydrogen) atoms. The number of benzene rings is 2. The van der Waals surface area contributed by atoms with Crippen molar-refractivity contribution in [2.24, 2.45) is 5.16 Å². The number of aryl methyl sites for hydroxylation is 3. The fourth-order valence-electron chi connectivity index (χ4n) is 2.66. The molecule has 0 aliphatic rings. The second-order valence-corrected chi connectivity index (χ2v) is 6.04. The lowest BCUT2D eigenvalue weighted by Gasteiger charge is -2.13. The third-order valence-corrected chi connectivity index (χ3v) is 3.83. The van der Waals surface area contributed by atoms with Crippen LogP contribution in [0.3, 0.4) is 0 Å². The molecule has 0 atom stereocenters.